The Balaban J connectivity index is 1.78. The molecule has 0 saturated carbocycles. The fourth-order valence-electron chi connectivity index (χ4n) is 2.05. The van der Waals surface area contributed by atoms with Gasteiger partial charge in [-0.15, -0.1) is 0 Å². The normalized spacial score (nSPS) is 11.7. The number of aromatic nitrogens is 1. The van der Waals surface area contributed by atoms with E-state index in [2.05, 4.69) is 24.1 Å². The van der Waals surface area contributed by atoms with Crippen molar-refractivity contribution >= 4 is 29.3 Å². The lowest BCUT2D eigenvalue weighted by Gasteiger charge is -2.14. The molecule has 1 N–H and O–H groups in total. The van der Waals surface area contributed by atoms with Gasteiger partial charge in [-0.1, -0.05) is 37.6 Å². The molecular weight excluding hydrogens is 356 g/mol. The smallest absolute Gasteiger partial charge is 0.344 e. The van der Waals surface area contributed by atoms with Crippen molar-refractivity contribution < 1.29 is 19.1 Å². The number of hydrogen-bond donors (Lipinski definition) is 1. The molecule has 0 bridgehead atoms. The summed E-state index contributed by atoms with van der Waals surface area (Å²) in [6, 6.07) is 10.6. The Hall–Kier alpha value is -2.60. The number of carbonyl (C=O) groups excluding carboxylic acids is 2. The third kappa shape index (κ3) is 6.04. The maximum atomic E-state index is 12.0. The zero-order chi connectivity index (χ0) is 19.1. The van der Waals surface area contributed by atoms with Crippen molar-refractivity contribution in [2.24, 2.45) is 0 Å². The highest BCUT2D eigenvalue weighted by atomic mass is 35.5. The molecule has 0 unspecified atom stereocenters. The summed E-state index contributed by atoms with van der Waals surface area (Å²) in [5.74, 6) is 0.181. The SMILES string of the molecule is CC(C)c1ccc(OCC(=O)O[C@H](C)C(=O)Nc2ccc(Cl)cn2)cc1. The molecule has 0 aliphatic heterocycles. The van der Waals surface area contributed by atoms with Gasteiger partial charge in [0.1, 0.15) is 11.6 Å². The van der Waals surface area contributed by atoms with E-state index in [-0.39, 0.29) is 6.61 Å². The molecule has 2 aromatic rings. The van der Waals surface area contributed by atoms with Gasteiger partial charge in [-0.3, -0.25) is 4.79 Å². The molecule has 1 heterocycles. The Morgan fingerprint density at radius 2 is 1.81 bits per heavy atom. The number of esters is 1. The standard InChI is InChI=1S/C19H21ClN2O4/c1-12(2)14-4-7-16(8-5-14)25-11-18(23)26-13(3)19(24)22-17-9-6-15(20)10-21-17/h4-10,12-13H,11H2,1-3H3,(H,21,22,24)/t13-/m1/s1. The predicted octanol–water partition coefficient (Wildman–Crippen LogP) is 3.81. The lowest BCUT2D eigenvalue weighted by Crippen LogP contribution is -2.31. The van der Waals surface area contributed by atoms with Crippen molar-refractivity contribution in [3.05, 3.63) is 53.2 Å². The Labute approximate surface area is 157 Å². The summed E-state index contributed by atoms with van der Waals surface area (Å²) in [6.07, 6.45) is 0.429. The summed E-state index contributed by atoms with van der Waals surface area (Å²) in [4.78, 5) is 27.8. The van der Waals surface area contributed by atoms with E-state index < -0.39 is 18.0 Å². The van der Waals surface area contributed by atoms with Gasteiger partial charge in [0, 0.05) is 6.20 Å². The molecule has 0 aliphatic carbocycles. The lowest BCUT2D eigenvalue weighted by atomic mass is 10.0. The molecule has 138 valence electrons. The number of anilines is 1. The second-order valence-corrected chi connectivity index (χ2v) is 6.43. The van der Waals surface area contributed by atoms with Crippen molar-refractivity contribution in [2.45, 2.75) is 32.8 Å². The van der Waals surface area contributed by atoms with Gasteiger partial charge < -0.3 is 14.8 Å². The van der Waals surface area contributed by atoms with E-state index in [1.54, 1.807) is 24.3 Å². The van der Waals surface area contributed by atoms with Crippen LogP contribution >= 0.6 is 11.6 Å². The van der Waals surface area contributed by atoms with Gasteiger partial charge >= 0.3 is 5.97 Å². The summed E-state index contributed by atoms with van der Waals surface area (Å²) in [5, 5.41) is 3.00. The molecule has 26 heavy (non-hydrogen) atoms. The Kier molecular flexibility index (Phi) is 6.97. The number of ether oxygens (including phenoxy) is 2. The number of benzene rings is 1. The summed E-state index contributed by atoms with van der Waals surface area (Å²) < 4.78 is 10.4. The van der Waals surface area contributed by atoms with E-state index in [0.717, 1.165) is 0 Å². The summed E-state index contributed by atoms with van der Waals surface area (Å²) in [7, 11) is 0. The molecule has 0 aliphatic rings. The van der Waals surface area contributed by atoms with Crippen LogP contribution in [0.5, 0.6) is 5.75 Å². The van der Waals surface area contributed by atoms with Crippen LogP contribution in [0.2, 0.25) is 5.02 Å². The number of pyridine rings is 1. The first-order valence-electron chi connectivity index (χ1n) is 8.20. The van der Waals surface area contributed by atoms with Crippen LogP contribution in [-0.2, 0) is 14.3 Å². The maximum Gasteiger partial charge on any atom is 0.344 e. The molecule has 0 radical (unpaired) electrons. The number of hydrogen-bond acceptors (Lipinski definition) is 5. The average molecular weight is 377 g/mol. The quantitative estimate of drug-likeness (QED) is 0.743. The van der Waals surface area contributed by atoms with Gasteiger partial charge in [0.2, 0.25) is 0 Å². The fourth-order valence-corrected chi connectivity index (χ4v) is 2.17. The highest BCUT2D eigenvalue weighted by Crippen LogP contribution is 2.18. The lowest BCUT2D eigenvalue weighted by molar-refractivity contribution is -0.155. The number of nitrogens with zero attached hydrogens (tertiary/aromatic N) is 1. The van der Waals surface area contributed by atoms with Crippen LogP contribution in [0, 0.1) is 0 Å². The van der Waals surface area contributed by atoms with E-state index >= 15 is 0 Å². The van der Waals surface area contributed by atoms with Crippen LogP contribution < -0.4 is 10.1 Å². The van der Waals surface area contributed by atoms with E-state index in [1.807, 2.05) is 12.1 Å². The van der Waals surface area contributed by atoms with Crippen LogP contribution in [0.3, 0.4) is 0 Å². The highest BCUT2D eigenvalue weighted by Gasteiger charge is 2.18. The van der Waals surface area contributed by atoms with Crippen molar-refractivity contribution in [3.8, 4) is 5.75 Å². The van der Waals surface area contributed by atoms with Gasteiger partial charge in [0.25, 0.3) is 5.91 Å². The predicted molar refractivity (Wildman–Crippen MR) is 99.5 cm³/mol. The van der Waals surface area contributed by atoms with Crippen molar-refractivity contribution in [2.75, 3.05) is 11.9 Å². The Morgan fingerprint density at radius 1 is 1.12 bits per heavy atom. The first-order chi connectivity index (χ1) is 12.3. The maximum absolute atomic E-state index is 12.0. The molecule has 0 saturated heterocycles. The fraction of sp³-hybridized carbons (Fsp3) is 0.316. The van der Waals surface area contributed by atoms with Crippen molar-refractivity contribution in [3.63, 3.8) is 0 Å². The first-order valence-corrected chi connectivity index (χ1v) is 8.57. The summed E-state index contributed by atoms with van der Waals surface area (Å²) >= 11 is 5.73. The van der Waals surface area contributed by atoms with Gasteiger partial charge in [-0.25, -0.2) is 9.78 Å². The number of nitrogens with one attached hydrogen (secondary N) is 1. The largest absolute Gasteiger partial charge is 0.482 e. The van der Waals surface area contributed by atoms with Gasteiger partial charge in [-0.2, -0.15) is 0 Å². The molecule has 1 aromatic heterocycles. The van der Waals surface area contributed by atoms with Crippen molar-refractivity contribution in [1.82, 2.24) is 4.98 Å². The number of carbonyl (C=O) groups is 2. The number of rotatable bonds is 7. The van der Waals surface area contributed by atoms with Crippen LogP contribution in [0.25, 0.3) is 0 Å². The molecule has 7 heteroatoms. The molecule has 0 fully saturated rings. The number of amides is 1. The van der Waals surface area contributed by atoms with Gasteiger partial charge in [0.15, 0.2) is 12.7 Å². The van der Waals surface area contributed by atoms with Crippen LogP contribution in [0.15, 0.2) is 42.6 Å². The third-order valence-corrected chi connectivity index (χ3v) is 3.78. The zero-order valence-corrected chi connectivity index (χ0v) is 15.6. The van der Waals surface area contributed by atoms with E-state index in [9.17, 15) is 9.59 Å². The topological polar surface area (TPSA) is 77.5 Å². The molecule has 1 aromatic carbocycles. The Morgan fingerprint density at radius 3 is 2.38 bits per heavy atom. The van der Waals surface area contributed by atoms with Crippen LogP contribution in [0.1, 0.15) is 32.3 Å². The van der Waals surface area contributed by atoms with E-state index in [1.165, 1.54) is 18.7 Å². The second-order valence-electron chi connectivity index (χ2n) is 6.00. The molecule has 2 rings (SSSR count). The molecule has 0 spiro atoms. The minimum absolute atomic E-state index is 0.280. The average Bonchev–Trinajstić information content (AvgIpc) is 2.62. The summed E-state index contributed by atoms with van der Waals surface area (Å²) in [5.41, 5.74) is 1.18. The van der Waals surface area contributed by atoms with E-state index in [4.69, 9.17) is 21.1 Å². The first kappa shape index (κ1) is 19.7. The Bertz CT molecular complexity index is 745. The van der Waals surface area contributed by atoms with Crippen molar-refractivity contribution in [1.29, 1.82) is 0 Å². The monoisotopic (exact) mass is 376 g/mol. The second kappa shape index (κ2) is 9.20. The van der Waals surface area contributed by atoms with Crippen LogP contribution in [-0.4, -0.2) is 29.6 Å². The molecule has 1 atom stereocenters. The number of halogens is 1. The minimum atomic E-state index is -0.980. The van der Waals surface area contributed by atoms with Crippen LogP contribution in [0.4, 0.5) is 5.82 Å². The molecular formula is C19H21ClN2O4. The molecule has 1 amide bonds. The minimum Gasteiger partial charge on any atom is -0.482 e. The van der Waals surface area contributed by atoms with Gasteiger partial charge in [-0.05, 0) is 42.7 Å². The van der Waals surface area contributed by atoms with Gasteiger partial charge in [0.05, 0.1) is 5.02 Å². The third-order valence-electron chi connectivity index (χ3n) is 3.56. The van der Waals surface area contributed by atoms with E-state index in [0.29, 0.717) is 22.5 Å². The molecule has 6 nitrogen and oxygen atoms in total. The highest BCUT2D eigenvalue weighted by molar-refractivity contribution is 6.30. The zero-order valence-electron chi connectivity index (χ0n) is 14.9. The summed E-state index contributed by atoms with van der Waals surface area (Å²) in [6.45, 7) is 5.39.